The van der Waals surface area contributed by atoms with E-state index >= 15 is 0 Å². The number of carbonyl (C=O) groups excluding carboxylic acids is 1. The van der Waals surface area contributed by atoms with Crippen molar-refractivity contribution in [3.63, 3.8) is 0 Å². The molecule has 1 unspecified atom stereocenters. The second-order valence-corrected chi connectivity index (χ2v) is 5.13. The lowest BCUT2D eigenvalue weighted by atomic mass is 9.80. The first-order valence-corrected chi connectivity index (χ1v) is 6.51. The minimum absolute atomic E-state index is 0.0777. The number of nitrogens with one attached hydrogen (secondary N) is 1. The van der Waals surface area contributed by atoms with Gasteiger partial charge in [0.1, 0.15) is 5.75 Å². The molecule has 1 atom stereocenters. The highest BCUT2D eigenvalue weighted by atomic mass is 19.2. The molecule has 1 aliphatic rings. The molecule has 4 nitrogen and oxygen atoms in total. The molecule has 0 radical (unpaired) electrons. The lowest BCUT2D eigenvalue weighted by Gasteiger charge is -2.36. The molecule has 0 aromatic heterocycles. The summed E-state index contributed by atoms with van der Waals surface area (Å²) in [7, 11) is 0. The molecule has 0 heterocycles. The van der Waals surface area contributed by atoms with Gasteiger partial charge in [0.15, 0.2) is 17.7 Å². The third-order valence-electron chi connectivity index (χ3n) is 3.45. The van der Waals surface area contributed by atoms with Crippen molar-refractivity contribution in [1.82, 2.24) is 5.32 Å². The molecule has 0 bridgehead atoms. The van der Waals surface area contributed by atoms with E-state index in [1.807, 2.05) is 0 Å². The number of benzene rings is 1. The molecule has 1 aromatic rings. The van der Waals surface area contributed by atoms with Crippen LogP contribution in [0.15, 0.2) is 18.2 Å². The van der Waals surface area contributed by atoms with E-state index in [9.17, 15) is 18.7 Å². The van der Waals surface area contributed by atoms with Gasteiger partial charge in [-0.15, -0.1) is 0 Å². The Balaban J connectivity index is 1.85. The van der Waals surface area contributed by atoms with Crippen molar-refractivity contribution in [3.05, 3.63) is 29.8 Å². The van der Waals surface area contributed by atoms with Crippen LogP contribution in [0.4, 0.5) is 8.78 Å². The maximum atomic E-state index is 13.0. The van der Waals surface area contributed by atoms with Crippen molar-refractivity contribution < 1.29 is 23.4 Å². The molecule has 2 rings (SSSR count). The largest absolute Gasteiger partial charge is 0.481 e. The van der Waals surface area contributed by atoms with E-state index in [0.717, 1.165) is 18.6 Å². The Bertz CT molecular complexity index is 503. The molecule has 0 spiro atoms. The Morgan fingerprint density at radius 1 is 1.45 bits per heavy atom. The smallest absolute Gasteiger partial charge is 0.260 e. The number of hydrogen-bond donors (Lipinski definition) is 2. The van der Waals surface area contributed by atoms with Crippen LogP contribution in [-0.2, 0) is 4.79 Å². The van der Waals surface area contributed by atoms with Crippen molar-refractivity contribution in [1.29, 1.82) is 0 Å². The van der Waals surface area contributed by atoms with E-state index in [1.54, 1.807) is 0 Å². The zero-order valence-electron chi connectivity index (χ0n) is 11.2. The zero-order valence-corrected chi connectivity index (χ0v) is 11.2. The van der Waals surface area contributed by atoms with Crippen molar-refractivity contribution >= 4 is 5.91 Å². The Labute approximate surface area is 115 Å². The number of carbonyl (C=O) groups is 1. The Morgan fingerprint density at radius 2 is 2.15 bits per heavy atom. The topological polar surface area (TPSA) is 58.6 Å². The monoisotopic (exact) mass is 285 g/mol. The van der Waals surface area contributed by atoms with Crippen LogP contribution in [0.25, 0.3) is 0 Å². The van der Waals surface area contributed by atoms with E-state index in [0.29, 0.717) is 12.8 Å². The SMILES string of the molecule is CC(Oc1ccc(F)c(F)c1)C(=O)NCC1(O)CCC1. The second-order valence-electron chi connectivity index (χ2n) is 5.13. The van der Waals surface area contributed by atoms with Crippen LogP contribution >= 0.6 is 0 Å². The van der Waals surface area contributed by atoms with Gasteiger partial charge in [0.25, 0.3) is 5.91 Å². The predicted molar refractivity (Wildman–Crippen MR) is 68.3 cm³/mol. The number of ether oxygens (including phenoxy) is 1. The standard InChI is InChI=1S/C14H17F2NO3/c1-9(13(18)17-8-14(19)5-2-6-14)20-10-3-4-11(15)12(16)7-10/h3-4,7,9,19H,2,5-6,8H2,1H3,(H,17,18). The molecular weight excluding hydrogens is 268 g/mol. The molecule has 0 aliphatic heterocycles. The van der Waals surface area contributed by atoms with Gasteiger partial charge in [-0.2, -0.15) is 0 Å². The summed E-state index contributed by atoms with van der Waals surface area (Å²) in [5.74, 6) is -2.33. The zero-order chi connectivity index (χ0) is 14.8. The molecule has 0 saturated heterocycles. The van der Waals surface area contributed by atoms with Crippen LogP contribution in [0.3, 0.4) is 0 Å². The Kier molecular flexibility index (Phi) is 4.23. The summed E-state index contributed by atoms with van der Waals surface area (Å²) in [6, 6.07) is 3.08. The van der Waals surface area contributed by atoms with E-state index in [1.165, 1.54) is 13.0 Å². The molecular formula is C14H17F2NO3. The summed E-state index contributed by atoms with van der Waals surface area (Å²) < 4.78 is 31.0. The second kappa shape index (κ2) is 5.75. The number of hydrogen-bond acceptors (Lipinski definition) is 3. The average molecular weight is 285 g/mol. The highest BCUT2D eigenvalue weighted by Crippen LogP contribution is 2.30. The quantitative estimate of drug-likeness (QED) is 0.866. The molecule has 20 heavy (non-hydrogen) atoms. The average Bonchev–Trinajstić information content (AvgIpc) is 2.38. The summed E-state index contributed by atoms with van der Waals surface area (Å²) in [6.45, 7) is 1.68. The van der Waals surface area contributed by atoms with Crippen LogP contribution in [0, 0.1) is 11.6 Å². The summed E-state index contributed by atoms with van der Waals surface area (Å²) in [5.41, 5.74) is -0.808. The fourth-order valence-corrected chi connectivity index (χ4v) is 1.96. The fraction of sp³-hybridized carbons (Fsp3) is 0.500. The molecule has 6 heteroatoms. The summed E-state index contributed by atoms with van der Waals surface area (Å²) >= 11 is 0. The molecule has 2 N–H and O–H groups in total. The third-order valence-corrected chi connectivity index (χ3v) is 3.45. The van der Waals surface area contributed by atoms with Crippen LogP contribution in [0.2, 0.25) is 0 Å². The Hall–Kier alpha value is -1.69. The first-order valence-electron chi connectivity index (χ1n) is 6.51. The normalized spacial score (nSPS) is 18.0. The Morgan fingerprint density at radius 3 is 2.70 bits per heavy atom. The van der Waals surface area contributed by atoms with Gasteiger partial charge in [-0.05, 0) is 38.3 Å². The lowest BCUT2D eigenvalue weighted by Crippen LogP contribution is -2.50. The van der Waals surface area contributed by atoms with Crippen molar-refractivity contribution in [2.75, 3.05) is 6.54 Å². The van der Waals surface area contributed by atoms with Crippen LogP contribution in [-0.4, -0.2) is 29.3 Å². The number of halogens is 2. The number of amides is 1. The molecule has 1 fully saturated rings. The minimum atomic E-state index is -1.03. The summed E-state index contributed by atoms with van der Waals surface area (Å²) in [4.78, 5) is 11.8. The van der Waals surface area contributed by atoms with E-state index in [2.05, 4.69) is 5.32 Å². The van der Waals surface area contributed by atoms with Gasteiger partial charge in [0, 0.05) is 12.6 Å². The van der Waals surface area contributed by atoms with Crippen molar-refractivity contribution in [2.24, 2.45) is 0 Å². The lowest BCUT2D eigenvalue weighted by molar-refractivity contribution is -0.129. The van der Waals surface area contributed by atoms with Gasteiger partial charge in [0.05, 0.1) is 5.60 Å². The van der Waals surface area contributed by atoms with Gasteiger partial charge < -0.3 is 15.2 Å². The highest BCUT2D eigenvalue weighted by molar-refractivity contribution is 5.80. The van der Waals surface area contributed by atoms with Gasteiger partial charge in [-0.25, -0.2) is 8.78 Å². The van der Waals surface area contributed by atoms with Crippen molar-refractivity contribution in [2.45, 2.75) is 37.9 Å². The molecule has 1 aromatic carbocycles. The van der Waals surface area contributed by atoms with Gasteiger partial charge >= 0.3 is 0 Å². The molecule has 1 saturated carbocycles. The van der Waals surface area contributed by atoms with Gasteiger partial charge in [-0.1, -0.05) is 0 Å². The summed E-state index contributed by atoms with van der Waals surface area (Å²) in [6.07, 6.45) is 1.44. The van der Waals surface area contributed by atoms with Crippen molar-refractivity contribution in [3.8, 4) is 5.75 Å². The first-order chi connectivity index (χ1) is 9.39. The van der Waals surface area contributed by atoms with E-state index < -0.39 is 29.2 Å². The molecule has 110 valence electrons. The fourth-order valence-electron chi connectivity index (χ4n) is 1.96. The van der Waals surface area contributed by atoms with E-state index in [-0.39, 0.29) is 12.3 Å². The van der Waals surface area contributed by atoms with Crippen LogP contribution < -0.4 is 10.1 Å². The number of rotatable bonds is 5. The molecule has 1 aliphatic carbocycles. The summed E-state index contributed by atoms with van der Waals surface area (Å²) in [5, 5.41) is 12.4. The third kappa shape index (κ3) is 3.45. The number of aliphatic hydroxyl groups is 1. The first kappa shape index (κ1) is 14.7. The van der Waals surface area contributed by atoms with Crippen LogP contribution in [0.5, 0.6) is 5.75 Å². The molecule has 1 amide bonds. The highest BCUT2D eigenvalue weighted by Gasteiger charge is 2.35. The minimum Gasteiger partial charge on any atom is -0.481 e. The van der Waals surface area contributed by atoms with E-state index in [4.69, 9.17) is 4.74 Å². The maximum absolute atomic E-state index is 13.0. The van der Waals surface area contributed by atoms with Crippen LogP contribution in [0.1, 0.15) is 26.2 Å². The van der Waals surface area contributed by atoms with Gasteiger partial charge in [-0.3, -0.25) is 4.79 Å². The maximum Gasteiger partial charge on any atom is 0.260 e. The predicted octanol–water partition coefficient (Wildman–Crippen LogP) is 1.76. The van der Waals surface area contributed by atoms with Gasteiger partial charge in [0.2, 0.25) is 0 Å².